The minimum atomic E-state index is -0.516. The van der Waals surface area contributed by atoms with Crippen LogP contribution in [-0.4, -0.2) is 43.1 Å². The number of hydrogen-bond acceptors (Lipinski definition) is 5. The molecule has 1 amide bonds. The lowest BCUT2D eigenvalue weighted by molar-refractivity contribution is 0.0601. The molecule has 1 heterocycles. The van der Waals surface area contributed by atoms with E-state index in [0.29, 0.717) is 32.0 Å². The van der Waals surface area contributed by atoms with Crippen LogP contribution in [0.15, 0.2) is 24.3 Å². The zero-order valence-electron chi connectivity index (χ0n) is 16.9. The number of nitrogens with one attached hydrogen (secondary N) is 2. The van der Waals surface area contributed by atoms with Crippen molar-refractivity contribution < 1.29 is 14.3 Å². The molecule has 8 heteroatoms. The van der Waals surface area contributed by atoms with Crippen LogP contribution in [-0.2, 0) is 4.74 Å². The topological polar surface area (TPSA) is 70.7 Å². The molecule has 0 aliphatic carbocycles. The quantitative estimate of drug-likeness (QED) is 0.550. The Balaban J connectivity index is 2.26. The van der Waals surface area contributed by atoms with Gasteiger partial charge in [-0.2, -0.15) is 0 Å². The Morgan fingerprint density at radius 2 is 1.75 bits per heavy atom. The third-order valence-corrected chi connectivity index (χ3v) is 5.60. The summed E-state index contributed by atoms with van der Waals surface area (Å²) in [6.07, 6.45) is 0. The second-order valence-corrected chi connectivity index (χ2v) is 8.24. The molecule has 6 nitrogen and oxygen atoms in total. The summed E-state index contributed by atoms with van der Waals surface area (Å²) >= 11 is 6.57. The molecule has 0 fully saturated rings. The SMILES string of the molecule is COC(=O)c1c(NC(=S)Nc2ccc(C(C)C)cc2)sc(C(=O)N(C)C)c1C. The number of hydrogen-bond donors (Lipinski definition) is 2. The highest BCUT2D eigenvalue weighted by Crippen LogP contribution is 2.34. The van der Waals surface area contributed by atoms with Crippen molar-refractivity contribution in [2.45, 2.75) is 26.7 Å². The van der Waals surface area contributed by atoms with Gasteiger partial charge in [0.1, 0.15) is 5.00 Å². The lowest BCUT2D eigenvalue weighted by Crippen LogP contribution is -2.21. The van der Waals surface area contributed by atoms with E-state index in [0.717, 1.165) is 5.69 Å². The molecule has 28 heavy (non-hydrogen) atoms. The number of carbonyl (C=O) groups is 2. The fraction of sp³-hybridized carbons (Fsp3) is 0.350. The molecule has 1 aromatic heterocycles. The van der Waals surface area contributed by atoms with Gasteiger partial charge in [0, 0.05) is 19.8 Å². The van der Waals surface area contributed by atoms with Crippen molar-refractivity contribution in [3.05, 3.63) is 45.8 Å². The monoisotopic (exact) mass is 419 g/mol. The summed E-state index contributed by atoms with van der Waals surface area (Å²) in [4.78, 5) is 26.6. The van der Waals surface area contributed by atoms with Gasteiger partial charge in [0.2, 0.25) is 0 Å². The molecule has 0 aliphatic rings. The maximum Gasteiger partial charge on any atom is 0.341 e. The Bertz CT molecular complexity index is 887. The van der Waals surface area contributed by atoms with Gasteiger partial charge in [-0.25, -0.2) is 4.79 Å². The van der Waals surface area contributed by atoms with E-state index in [1.165, 1.54) is 28.9 Å². The Kier molecular flexibility index (Phi) is 7.15. The van der Waals surface area contributed by atoms with Gasteiger partial charge >= 0.3 is 5.97 Å². The van der Waals surface area contributed by atoms with Gasteiger partial charge in [0.15, 0.2) is 5.11 Å². The smallest absolute Gasteiger partial charge is 0.341 e. The van der Waals surface area contributed by atoms with E-state index in [4.69, 9.17) is 17.0 Å². The van der Waals surface area contributed by atoms with Crippen LogP contribution in [0.5, 0.6) is 0 Å². The number of nitrogens with zero attached hydrogens (tertiary/aromatic N) is 1. The summed E-state index contributed by atoms with van der Waals surface area (Å²) < 4.78 is 4.89. The van der Waals surface area contributed by atoms with Crippen molar-refractivity contribution in [1.29, 1.82) is 0 Å². The lowest BCUT2D eigenvalue weighted by atomic mass is 10.0. The van der Waals surface area contributed by atoms with E-state index in [1.54, 1.807) is 21.0 Å². The summed E-state index contributed by atoms with van der Waals surface area (Å²) in [5.41, 5.74) is 2.96. The van der Waals surface area contributed by atoms with Crippen LogP contribution in [0, 0.1) is 6.92 Å². The second-order valence-electron chi connectivity index (χ2n) is 6.81. The Labute approximate surface area is 174 Å². The van der Waals surface area contributed by atoms with Gasteiger partial charge in [-0.1, -0.05) is 26.0 Å². The molecule has 0 saturated carbocycles. The number of thiophene rings is 1. The Morgan fingerprint density at radius 1 is 1.14 bits per heavy atom. The summed E-state index contributed by atoms with van der Waals surface area (Å²) in [6.45, 7) is 6.00. The van der Waals surface area contributed by atoms with E-state index >= 15 is 0 Å². The molecule has 0 bridgehead atoms. The fourth-order valence-electron chi connectivity index (χ4n) is 2.57. The van der Waals surface area contributed by atoms with Crippen LogP contribution in [0.2, 0.25) is 0 Å². The number of benzene rings is 1. The molecule has 0 radical (unpaired) electrons. The van der Waals surface area contributed by atoms with Crippen LogP contribution >= 0.6 is 23.6 Å². The molecule has 0 atom stereocenters. The minimum absolute atomic E-state index is 0.177. The molecule has 0 aliphatic heterocycles. The van der Waals surface area contributed by atoms with E-state index < -0.39 is 5.97 Å². The summed E-state index contributed by atoms with van der Waals surface area (Å²) in [6, 6.07) is 7.98. The largest absolute Gasteiger partial charge is 0.465 e. The van der Waals surface area contributed by atoms with E-state index in [9.17, 15) is 9.59 Å². The molecule has 1 aromatic carbocycles. The predicted octanol–water partition coefficient (Wildman–Crippen LogP) is 4.48. The zero-order valence-corrected chi connectivity index (χ0v) is 18.5. The van der Waals surface area contributed by atoms with Gasteiger partial charge in [-0.3, -0.25) is 4.79 Å². The maximum atomic E-state index is 12.4. The van der Waals surface area contributed by atoms with Crippen LogP contribution in [0.4, 0.5) is 10.7 Å². The van der Waals surface area contributed by atoms with E-state index in [1.807, 2.05) is 24.3 Å². The third-order valence-electron chi connectivity index (χ3n) is 4.20. The number of esters is 1. The fourth-order valence-corrected chi connectivity index (χ4v) is 4.08. The molecule has 2 N–H and O–H groups in total. The summed E-state index contributed by atoms with van der Waals surface area (Å²) in [5.74, 6) is -0.245. The van der Waals surface area contributed by atoms with Crippen molar-refractivity contribution in [1.82, 2.24) is 4.90 Å². The van der Waals surface area contributed by atoms with Gasteiger partial charge in [0.25, 0.3) is 5.91 Å². The Hall–Kier alpha value is -2.45. The highest BCUT2D eigenvalue weighted by Gasteiger charge is 2.26. The number of thiocarbonyl (C=S) groups is 1. The molecular formula is C20H25N3O3S2. The number of rotatable bonds is 5. The van der Waals surface area contributed by atoms with Gasteiger partial charge < -0.3 is 20.3 Å². The average molecular weight is 420 g/mol. The molecule has 0 saturated heterocycles. The molecule has 2 aromatic rings. The van der Waals surface area contributed by atoms with Crippen LogP contribution in [0.1, 0.15) is 50.9 Å². The van der Waals surface area contributed by atoms with Crippen LogP contribution < -0.4 is 10.6 Å². The first kappa shape index (κ1) is 21.8. The highest BCUT2D eigenvalue weighted by atomic mass is 32.1. The van der Waals surface area contributed by atoms with Crippen molar-refractivity contribution in [3.63, 3.8) is 0 Å². The number of methoxy groups -OCH3 is 1. The Morgan fingerprint density at radius 3 is 2.25 bits per heavy atom. The summed E-state index contributed by atoms with van der Waals surface area (Å²) in [7, 11) is 4.64. The van der Waals surface area contributed by atoms with Crippen molar-refractivity contribution in [2.24, 2.45) is 0 Å². The zero-order chi connectivity index (χ0) is 21.0. The molecular weight excluding hydrogens is 394 g/mol. The van der Waals surface area contributed by atoms with Crippen LogP contribution in [0.3, 0.4) is 0 Å². The summed E-state index contributed by atoms with van der Waals surface area (Å²) in [5, 5.41) is 6.94. The average Bonchev–Trinajstić information content (AvgIpc) is 2.96. The number of anilines is 2. The molecule has 0 unspecified atom stereocenters. The molecule has 0 spiro atoms. The maximum absolute atomic E-state index is 12.4. The third kappa shape index (κ3) is 4.88. The van der Waals surface area contributed by atoms with Crippen molar-refractivity contribution in [3.8, 4) is 0 Å². The van der Waals surface area contributed by atoms with E-state index in [-0.39, 0.29) is 5.91 Å². The normalized spacial score (nSPS) is 10.5. The van der Waals surface area contributed by atoms with Crippen molar-refractivity contribution >= 4 is 51.2 Å². The van der Waals surface area contributed by atoms with E-state index in [2.05, 4.69) is 24.5 Å². The first-order chi connectivity index (χ1) is 13.1. The predicted molar refractivity (Wildman–Crippen MR) is 119 cm³/mol. The standard InChI is InChI=1S/C20H25N3O3S2/c1-11(2)13-7-9-14(10-8-13)21-20(27)22-17-15(19(25)26-6)12(3)16(28-17)18(24)23(4)5/h7-11H,1-6H3,(H2,21,22,27). The highest BCUT2D eigenvalue weighted by molar-refractivity contribution is 7.80. The van der Waals surface area contributed by atoms with Gasteiger partial charge in [0.05, 0.1) is 17.6 Å². The first-order valence-corrected chi connectivity index (χ1v) is 9.99. The minimum Gasteiger partial charge on any atom is -0.465 e. The molecule has 2 rings (SSSR count). The number of carbonyl (C=O) groups excluding carboxylic acids is 2. The second kappa shape index (κ2) is 9.16. The van der Waals surface area contributed by atoms with Crippen LogP contribution in [0.25, 0.3) is 0 Å². The van der Waals surface area contributed by atoms with Gasteiger partial charge in [-0.15, -0.1) is 11.3 Å². The number of amides is 1. The molecule has 150 valence electrons. The first-order valence-electron chi connectivity index (χ1n) is 8.77. The van der Waals surface area contributed by atoms with Gasteiger partial charge in [-0.05, 0) is 48.3 Å². The van der Waals surface area contributed by atoms with Crippen molar-refractivity contribution in [2.75, 3.05) is 31.8 Å². The lowest BCUT2D eigenvalue weighted by Gasteiger charge is -2.12. The number of ether oxygens (including phenoxy) is 1.